The minimum Gasteiger partial charge on any atom is -0.481 e. The molecule has 11 nitrogen and oxygen atoms in total. The Balaban J connectivity index is 1.44. The van der Waals surface area contributed by atoms with Gasteiger partial charge < -0.3 is 25.5 Å². The lowest BCUT2D eigenvalue weighted by atomic mass is 10.0. The van der Waals surface area contributed by atoms with Gasteiger partial charge in [-0.15, -0.1) is 0 Å². The second-order valence-corrected chi connectivity index (χ2v) is 9.46. The van der Waals surface area contributed by atoms with Gasteiger partial charge in [0.25, 0.3) is 0 Å². The smallest absolute Gasteiger partial charge is 0.327 e. The number of nitrogens with two attached hydrogens (primary N) is 1. The third kappa shape index (κ3) is 6.21. The zero-order valence-corrected chi connectivity index (χ0v) is 20.9. The van der Waals surface area contributed by atoms with Gasteiger partial charge in [-0.1, -0.05) is 37.6 Å². The molecule has 0 atom stereocenters. The van der Waals surface area contributed by atoms with Gasteiger partial charge in [-0.25, -0.2) is 4.79 Å². The number of carbonyl (C=O) groups is 1. The number of likely N-dealkylation sites (tertiary alicyclic amines) is 1. The first-order valence-corrected chi connectivity index (χ1v) is 12.4. The van der Waals surface area contributed by atoms with Crippen LogP contribution < -0.4 is 16.2 Å². The van der Waals surface area contributed by atoms with E-state index in [2.05, 4.69) is 38.7 Å². The van der Waals surface area contributed by atoms with Crippen LogP contribution in [-0.4, -0.2) is 79.7 Å². The molecule has 4 N–H and O–H groups in total. The highest BCUT2D eigenvalue weighted by atomic mass is 16.5. The molecular weight excluding hydrogens is 462 g/mol. The zero-order chi connectivity index (χ0) is 25.7. The van der Waals surface area contributed by atoms with Crippen LogP contribution in [0.15, 0.2) is 29.1 Å². The van der Waals surface area contributed by atoms with Gasteiger partial charge >= 0.3 is 17.7 Å². The van der Waals surface area contributed by atoms with Gasteiger partial charge in [0.1, 0.15) is 5.52 Å². The Morgan fingerprint density at radius 3 is 2.61 bits per heavy atom. The van der Waals surface area contributed by atoms with Crippen LogP contribution in [-0.2, 0) is 24.3 Å². The quantitative estimate of drug-likeness (QED) is 0.301. The maximum atomic E-state index is 12.7. The van der Waals surface area contributed by atoms with Crippen LogP contribution in [0.2, 0.25) is 0 Å². The number of hydrogen-bond donors (Lipinski definition) is 3. The van der Waals surface area contributed by atoms with Crippen molar-refractivity contribution in [1.29, 1.82) is 0 Å². The van der Waals surface area contributed by atoms with Gasteiger partial charge in [0.15, 0.2) is 11.5 Å². The third-order valence-corrected chi connectivity index (χ3v) is 6.51. The largest absolute Gasteiger partial charge is 0.481 e. The number of nitrogens with zero attached hydrogens (tertiary/aromatic N) is 5. The number of rotatable bonds is 13. The summed E-state index contributed by atoms with van der Waals surface area (Å²) in [7, 11) is 2.10. The SMILES string of the molecule is CCCCOc1nc(N)c2[nH]c(=O)n(CCCN(Cc3ccc(CC(=O)O)cc3)C3CN(C)C3)c2n1. The number of aromatic nitrogens is 4. The number of aryl methyl sites for hydroxylation is 1. The van der Waals surface area contributed by atoms with Crippen LogP contribution in [0.25, 0.3) is 11.2 Å². The molecule has 1 saturated heterocycles. The molecule has 0 unspecified atom stereocenters. The van der Waals surface area contributed by atoms with Crippen molar-refractivity contribution >= 4 is 23.0 Å². The molecule has 0 aliphatic carbocycles. The number of anilines is 1. The first kappa shape index (κ1) is 25.6. The monoisotopic (exact) mass is 497 g/mol. The molecule has 1 aliphatic heterocycles. The minimum absolute atomic E-state index is 0.0240. The van der Waals surface area contributed by atoms with E-state index in [1.807, 2.05) is 24.3 Å². The fourth-order valence-electron chi connectivity index (χ4n) is 4.50. The fraction of sp³-hybridized carbons (Fsp3) is 0.520. The second-order valence-electron chi connectivity index (χ2n) is 9.46. The second kappa shape index (κ2) is 11.5. The Bertz CT molecular complexity index is 1230. The number of unbranched alkanes of at least 4 members (excludes halogenated alkanes) is 1. The lowest BCUT2D eigenvalue weighted by molar-refractivity contribution is -0.136. The number of aliphatic carboxylic acids is 1. The molecule has 3 heterocycles. The minimum atomic E-state index is -0.832. The normalized spacial score (nSPS) is 14.4. The molecule has 11 heteroatoms. The molecule has 1 aromatic carbocycles. The average Bonchev–Trinajstić information content (AvgIpc) is 3.13. The van der Waals surface area contributed by atoms with Crippen LogP contribution in [0.4, 0.5) is 5.82 Å². The summed E-state index contributed by atoms with van der Waals surface area (Å²) in [5.41, 5.74) is 8.62. The van der Waals surface area contributed by atoms with Crippen molar-refractivity contribution < 1.29 is 14.6 Å². The van der Waals surface area contributed by atoms with Crippen molar-refractivity contribution in [1.82, 2.24) is 29.3 Å². The van der Waals surface area contributed by atoms with Crippen molar-refractivity contribution in [2.45, 2.75) is 51.7 Å². The summed E-state index contributed by atoms with van der Waals surface area (Å²) < 4.78 is 7.23. The number of benzene rings is 1. The van der Waals surface area contributed by atoms with E-state index >= 15 is 0 Å². The van der Waals surface area contributed by atoms with E-state index in [-0.39, 0.29) is 23.9 Å². The number of carboxylic acids is 1. The summed E-state index contributed by atoms with van der Waals surface area (Å²) in [6, 6.07) is 8.38. The maximum Gasteiger partial charge on any atom is 0.327 e. The fourth-order valence-corrected chi connectivity index (χ4v) is 4.50. The Labute approximate surface area is 209 Å². The summed E-state index contributed by atoms with van der Waals surface area (Å²) in [5.74, 6) is -0.631. The van der Waals surface area contributed by atoms with Crippen molar-refractivity contribution in [2.75, 3.05) is 39.0 Å². The van der Waals surface area contributed by atoms with Crippen LogP contribution in [0.1, 0.15) is 37.3 Å². The number of H-pyrrole nitrogens is 1. The van der Waals surface area contributed by atoms with Gasteiger partial charge in [0, 0.05) is 38.8 Å². The lowest BCUT2D eigenvalue weighted by Gasteiger charge is -2.44. The van der Waals surface area contributed by atoms with E-state index in [4.69, 9.17) is 15.6 Å². The predicted molar refractivity (Wildman–Crippen MR) is 137 cm³/mol. The first-order chi connectivity index (χ1) is 17.3. The van der Waals surface area contributed by atoms with Gasteiger partial charge in [0.2, 0.25) is 0 Å². The molecule has 2 aromatic heterocycles. The average molecular weight is 498 g/mol. The molecular formula is C25H35N7O4. The van der Waals surface area contributed by atoms with E-state index in [0.717, 1.165) is 56.6 Å². The number of fused-ring (bicyclic) bond motifs is 1. The van der Waals surface area contributed by atoms with Crippen LogP contribution >= 0.6 is 0 Å². The molecule has 1 aliphatic rings. The molecule has 0 radical (unpaired) electrons. The number of ether oxygens (including phenoxy) is 1. The first-order valence-electron chi connectivity index (χ1n) is 12.4. The molecule has 0 spiro atoms. The summed E-state index contributed by atoms with van der Waals surface area (Å²) in [5, 5.41) is 9.00. The van der Waals surface area contributed by atoms with Crippen molar-refractivity contribution in [2.24, 2.45) is 0 Å². The Kier molecular flexibility index (Phi) is 8.21. The number of hydrogen-bond acceptors (Lipinski definition) is 8. The van der Waals surface area contributed by atoms with Crippen LogP contribution in [0.5, 0.6) is 6.01 Å². The Hall–Kier alpha value is -3.44. The summed E-state index contributed by atoms with van der Waals surface area (Å²) >= 11 is 0. The lowest BCUT2D eigenvalue weighted by Crippen LogP contribution is -2.57. The number of nitrogen functional groups attached to an aromatic ring is 1. The molecule has 0 amide bonds. The van der Waals surface area contributed by atoms with E-state index in [0.29, 0.717) is 30.4 Å². The number of carboxylic acid groups (broad SMARTS) is 1. The van der Waals surface area contributed by atoms with Crippen molar-refractivity contribution in [3.05, 3.63) is 45.9 Å². The van der Waals surface area contributed by atoms with E-state index in [1.54, 1.807) is 4.57 Å². The molecule has 1 fully saturated rings. The number of imidazole rings is 1. The van der Waals surface area contributed by atoms with Crippen LogP contribution in [0, 0.1) is 0 Å². The topological polar surface area (TPSA) is 143 Å². The highest BCUT2D eigenvalue weighted by molar-refractivity contribution is 5.81. The van der Waals surface area contributed by atoms with Crippen molar-refractivity contribution in [3.8, 4) is 6.01 Å². The van der Waals surface area contributed by atoms with Gasteiger partial charge in [-0.05, 0) is 31.0 Å². The molecule has 194 valence electrons. The zero-order valence-electron chi connectivity index (χ0n) is 20.9. The predicted octanol–water partition coefficient (Wildman–Crippen LogP) is 1.71. The highest BCUT2D eigenvalue weighted by Gasteiger charge is 2.29. The molecule has 0 bridgehead atoms. The number of likely N-dealkylation sites (N-methyl/N-ethyl adjacent to an activating group) is 1. The standard InChI is InChI=1S/C25H35N7O4/c1-3-4-12-36-24-28-22(26)21-23(29-24)32(25(35)27-21)11-5-10-31(19-15-30(2)16-19)14-18-8-6-17(7-9-18)13-20(33)34/h6-9,19H,3-5,10-16H2,1-2H3,(H,27,35)(H,33,34)(H2,26,28,29). The van der Waals surface area contributed by atoms with E-state index in [1.165, 1.54) is 0 Å². The molecule has 36 heavy (non-hydrogen) atoms. The Morgan fingerprint density at radius 2 is 1.94 bits per heavy atom. The number of nitrogens with one attached hydrogen (secondary N) is 1. The Morgan fingerprint density at radius 1 is 1.22 bits per heavy atom. The van der Waals surface area contributed by atoms with Gasteiger partial charge in [-0.2, -0.15) is 9.97 Å². The third-order valence-electron chi connectivity index (χ3n) is 6.51. The highest BCUT2D eigenvalue weighted by Crippen LogP contribution is 2.20. The number of aromatic amines is 1. The molecule has 0 saturated carbocycles. The van der Waals surface area contributed by atoms with Gasteiger partial charge in [-0.3, -0.25) is 14.3 Å². The molecule has 4 rings (SSSR count). The molecule has 3 aromatic rings. The summed E-state index contributed by atoms with van der Waals surface area (Å²) in [4.78, 5) is 39.7. The van der Waals surface area contributed by atoms with E-state index in [9.17, 15) is 9.59 Å². The summed E-state index contributed by atoms with van der Waals surface area (Å²) in [6.45, 7) is 6.61. The van der Waals surface area contributed by atoms with E-state index < -0.39 is 5.97 Å². The maximum absolute atomic E-state index is 12.7. The summed E-state index contributed by atoms with van der Waals surface area (Å²) in [6.07, 6.45) is 2.65. The van der Waals surface area contributed by atoms with Crippen molar-refractivity contribution in [3.63, 3.8) is 0 Å². The van der Waals surface area contributed by atoms with Gasteiger partial charge in [0.05, 0.1) is 13.0 Å². The van der Waals surface area contributed by atoms with Crippen LogP contribution in [0.3, 0.4) is 0 Å².